The Morgan fingerprint density at radius 1 is 1.48 bits per heavy atom. The highest BCUT2D eigenvalue weighted by Crippen LogP contribution is 2.24. The van der Waals surface area contributed by atoms with E-state index in [1.807, 2.05) is 23.8 Å². The molecular formula is C16H21N5O2. The van der Waals surface area contributed by atoms with Crippen LogP contribution in [0, 0.1) is 6.92 Å². The number of fused-ring (bicyclic) bond motifs is 1. The van der Waals surface area contributed by atoms with Gasteiger partial charge >= 0.3 is 0 Å². The molecule has 23 heavy (non-hydrogen) atoms. The number of carbonyl (C=O) groups is 1. The van der Waals surface area contributed by atoms with Crippen LogP contribution in [-0.2, 0) is 17.9 Å². The molecule has 2 aromatic rings. The van der Waals surface area contributed by atoms with Crippen molar-refractivity contribution in [1.82, 2.24) is 24.9 Å². The standard InChI is InChI=1S/C16H21N5O2/c1-11-5-13(19-23-11)7-20-8-14-6-17-10-21(14)15(9-20)16(22)18-12-3-2-4-12/h5-6,10,12,15H,2-4,7-9H2,1H3,(H,18,22)/t15-/m0/s1. The number of amides is 1. The van der Waals surface area contributed by atoms with E-state index in [9.17, 15) is 4.79 Å². The minimum absolute atomic E-state index is 0.0926. The molecule has 0 bridgehead atoms. The van der Waals surface area contributed by atoms with Gasteiger partial charge in [-0.05, 0) is 26.2 Å². The second-order valence-electron chi connectivity index (χ2n) is 6.54. The molecule has 1 atom stereocenters. The third-order valence-electron chi connectivity index (χ3n) is 4.72. The van der Waals surface area contributed by atoms with Crippen molar-refractivity contribution >= 4 is 5.91 Å². The number of aryl methyl sites for hydroxylation is 1. The Morgan fingerprint density at radius 3 is 3.04 bits per heavy atom. The molecule has 1 saturated carbocycles. The first-order valence-corrected chi connectivity index (χ1v) is 8.14. The maximum Gasteiger partial charge on any atom is 0.244 e. The van der Waals surface area contributed by atoms with Crippen molar-refractivity contribution in [2.24, 2.45) is 0 Å². The summed E-state index contributed by atoms with van der Waals surface area (Å²) < 4.78 is 7.13. The second kappa shape index (κ2) is 5.81. The zero-order valence-electron chi connectivity index (χ0n) is 13.2. The fraction of sp³-hybridized carbons (Fsp3) is 0.562. The van der Waals surface area contributed by atoms with Gasteiger partial charge < -0.3 is 14.4 Å². The smallest absolute Gasteiger partial charge is 0.244 e. The van der Waals surface area contributed by atoms with Gasteiger partial charge in [-0.3, -0.25) is 9.69 Å². The SMILES string of the molecule is Cc1cc(CN2Cc3cncn3[C@H](C(=O)NC3CCC3)C2)no1. The number of aromatic nitrogens is 3. The summed E-state index contributed by atoms with van der Waals surface area (Å²) in [6, 6.07) is 2.06. The van der Waals surface area contributed by atoms with Crippen LogP contribution in [0.25, 0.3) is 0 Å². The summed E-state index contributed by atoms with van der Waals surface area (Å²) in [7, 11) is 0. The van der Waals surface area contributed by atoms with Gasteiger partial charge in [-0.25, -0.2) is 4.98 Å². The van der Waals surface area contributed by atoms with Crippen LogP contribution in [0.15, 0.2) is 23.1 Å². The highest BCUT2D eigenvalue weighted by molar-refractivity contribution is 5.81. The number of hydrogen-bond donors (Lipinski definition) is 1. The molecule has 122 valence electrons. The van der Waals surface area contributed by atoms with E-state index in [0.29, 0.717) is 19.1 Å². The van der Waals surface area contributed by atoms with Crippen molar-refractivity contribution in [3.05, 3.63) is 35.7 Å². The van der Waals surface area contributed by atoms with Gasteiger partial charge in [0, 0.05) is 37.9 Å². The number of rotatable bonds is 4. The van der Waals surface area contributed by atoms with Crippen LogP contribution in [0.3, 0.4) is 0 Å². The van der Waals surface area contributed by atoms with Crippen LogP contribution in [0.1, 0.15) is 42.5 Å². The average Bonchev–Trinajstić information content (AvgIpc) is 3.10. The first-order chi connectivity index (χ1) is 11.2. The zero-order valence-corrected chi connectivity index (χ0v) is 13.2. The Labute approximate surface area is 134 Å². The van der Waals surface area contributed by atoms with E-state index in [-0.39, 0.29) is 11.9 Å². The van der Waals surface area contributed by atoms with E-state index >= 15 is 0 Å². The molecule has 2 aliphatic rings. The van der Waals surface area contributed by atoms with Gasteiger partial charge in [-0.2, -0.15) is 0 Å². The molecule has 1 N–H and O–H groups in total. The quantitative estimate of drug-likeness (QED) is 0.923. The topological polar surface area (TPSA) is 76.2 Å². The predicted molar refractivity (Wildman–Crippen MR) is 82.4 cm³/mol. The fourth-order valence-corrected chi connectivity index (χ4v) is 3.26. The molecule has 7 heteroatoms. The summed E-state index contributed by atoms with van der Waals surface area (Å²) in [5.74, 6) is 0.899. The van der Waals surface area contributed by atoms with Crippen molar-refractivity contribution in [3.63, 3.8) is 0 Å². The van der Waals surface area contributed by atoms with Crippen LogP contribution < -0.4 is 5.32 Å². The van der Waals surface area contributed by atoms with Gasteiger partial charge in [0.1, 0.15) is 11.8 Å². The van der Waals surface area contributed by atoms with Crippen LogP contribution >= 0.6 is 0 Å². The molecule has 3 heterocycles. The maximum atomic E-state index is 12.6. The summed E-state index contributed by atoms with van der Waals surface area (Å²) in [5.41, 5.74) is 1.96. The van der Waals surface area contributed by atoms with Gasteiger partial charge in [-0.15, -0.1) is 0 Å². The Kier molecular flexibility index (Phi) is 3.65. The van der Waals surface area contributed by atoms with E-state index in [4.69, 9.17) is 4.52 Å². The summed E-state index contributed by atoms with van der Waals surface area (Å²) in [4.78, 5) is 19.1. The number of nitrogens with one attached hydrogen (secondary N) is 1. The van der Waals surface area contributed by atoms with Crippen molar-refractivity contribution in [2.75, 3.05) is 6.54 Å². The summed E-state index contributed by atoms with van der Waals surface area (Å²) in [6.45, 7) is 3.99. The fourth-order valence-electron chi connectivity index (χ4n) is 3.26. The van der Waals surface area contributed by atoms with E-state index in [0.717, 1.165) is 36.5 Å². The van der Waals surface area contributed by atoms with Crippen molar-refractivity contribution < 1.29 is 9.32 Å². The van der Waals surface area contributed by atoms with Gasteiger partial charge in [0.15, 0.2) is 0 Å². The second-order valence-corrected chi connectivity index (χ2v) is 6.54. The Balaban J connectivity index is 1.50. The van der Waals surface area contributed by atoms with Crippen LogP contribution in [0.2, 0.25) is 0 Å². The lowest BCUT2D eigenvalue weighted by molar-refractivity contribution is -0.127. The molecule has 1 amide bonds. The largest absolute Gasteiger partial charge is 0.361 e. The van der Waals surface area contributed by atoms with Crippen LogP contribution in [0.4, 0.5) is 0 Å². The summed E-state index contributed by atoms with van der Waals surface area (Å²) >= 11 is 0. The minimum atomic E-state index is -0.227. The molecular weight excluding hydrogens is 294 g/mol. The molecule has 0 spiro atoms. The van der Waals surface area contributed by atoms with Gasteiger partial charge in [0.2, 0.25) is 5.91 Å². The average molecular weight is 315 g/mol. The third kappa shape index (κ3) is 2.88. The summed E-state index contributed by atoms with van der Waals surface area (Å²) in [5, 5.41) is 7.21. The van der Waals surface area contributed by atoms with E-state index in [1.54, 1.807) is 6.33 Å². The van der Waals surface area contributed by atoms with Crippen LogP contribution in [0.5, 0.6) is 0 Å². The molecule has 0 aromatic carbocycles. The number of carbonyl (C=O) groups excluding carboxylic acids is 1. The first-order valence-electron chi connectivity index (χ1n) is 8.14. The maximum absolute atomic E-state index is 12.6. The molecule has 0 radical (unpaired) electrons. The Hall–Kier alpha value is -2.15. The lowest BCUT2D eigenvalue weighted by Gasteiger charge is -2.35. The number of hydrogen-bond acceptors (Lipinski definition) is 5. The molecule has 2 aromatic heterocycles. The highest BCUT2D eigenvalue weighted by atomic mass is 16.5. The molecule has 4 rings (SSSR count). The Morgan fingerprint density at radius 2 is 2.35 bits per heavy atom. The van der Waals surface area contributed by atoms with Gasteiger partial charge in [0.05, 0.1) is 17.7 Å². The van der Waals surface area contributed by atoms with E-state index in [2.05, 4.69) is 20.4 Å². The van der Waals surface area contributed by atoms with Crippen molar-refractivity contribution in [2.45, 2.75) is 51.4 Å². The number of imidazole rings is 1. The molecule has 1 fully saturated rings. The van der Waals surface area contributed by atoms with Crippen molar-refractivity contribution in [3.8, 4) is 0 Å². The lowest BCUT2D eigenvalue weighted by Crippen LogP contribution is -2.48. The highest BCUT2D eigenvalue weighted by Gasteiger charge is 2.32. The first kappa shape index (κ1) is 14.4. The molecule has 0 saturated heterocycles. The third-order valence-corrected chi connectivity index (χ3v) is 4.72. The van der Waals surface area contributed by atoms with Gasteiger partial charge in [0.25, 0.3) is 0 Å². The molecule has 0 unspecified atom stereocenters. The normalized spacial score (nSPS) is 21.7. The lowest BCUT2D eigenvalue weighted by atomic mass is 9.93. The van der Waals surface area contributed by atoms with Crippen LogP contribution in [-0.4, -0.2) is 38.1 Å². The number of nitrogens with zero attached hydrogens (tertiary/aromatic N) is 4. The molecule has 7 nitrogen and oxygen atoms in total. The zero-order chi connectivity index (χ0) is 15.8. The van der Waals surface area contributed by atoms with Gasteiger partial charge in [-0.1, -0.05) is 5.16 Å². The van der Waals surface area contributed by atoms with Crippen molar-refractivity contribution in [1.29, 1.82) is 0 Å². The minimum Gasteiger partial charge on any atom is -0.361 e. The molecule has 1 aliphatic heterocycles. The summed E-state index contributed by atoms with van der Waals surface area (Å²) in [6.07, 6.45) is 7.00. The van der Waals surface area contributed by atoms with E-state index in [1.165, 1.54) is 6.42 Å². The monoisotopic (exact) mass is 315 g/mol. The van der Waals surface area contributed by atoms with E-state index < -0.39 is 0 Å². The Bertz CT molecular complexity index is 703. The predicted octanol–water partition coefficient (Wildman–Crippen LogP) is 1.41. The molecule has 1 aliphatic carbocycles.